The molecular weight excluding hydrogens is 363 g/mol. The lowest BCUT2D eigenvalue weighted by Crippen LogP contribution is -2.34. The van der Waals surface area contributed by atoms with Crippen LogP contribution in [-0.2, 0) is 11.3 Å². The molecule has 0 saturated heterocycles. The van der Waals surface area contributed by atoms with Gasteiger partial charge in [-0.25, -0.2) is 4.39 Å². The third-order valence-electron chi connectivity index (χ3n) is 6.38. The molecule has 1 aliphatic carbocycles. The van der Waals surface area contributed by atoms with E-state index in [0.29, 0.717) is 18.4 Å². The highest BCUT2D eigenvalue weighted by atomic mass is 19.1. The summed E-state index contributed by atoms with van der Waals surface area (Å²) < 4.78 is 13.8. The maximum Gasteiger partial charge on any atom is 0.223 e. The number of nitrogens with zero attached hydrogens (tertiary/aromatic N) is 1. The maximum absolute atomic E-state index is 13.8. The number of carbonyl (C=O) groups is 1. The monoisotopic (exact) mass is 390 g/mol. The lowest BCUT2D eigenvalue weighted by molar-refractivity contribution is -0.126. The molecule has 1 aliphatic rings. The highest BCUT2D eigenvalue weighted by Crippen LogP contribution is 2.40. The number of hydrogen-bond acceptors (Lipinski definition) is 2. The number of aromatic nitrogens is 1. The van der Waals surface area contributed by atoms with Crippen LogP contribution in [0.3, 0.4) is 0 Å². The molecular formula is C25H27FN2O. The molecule has 4 heteroatoms. The standard InChI is InChI=1S/C25H27FN2O/c1-17(25(29)28-16-18-5-3-2-4-6-18)19-7-9-20(10-8-19)22-13-14-27-24-12-11-21(26)15-23(22)24/h2-6,11-15,17,19-20H,7-10,16H2,1H3,(H,28,29)/t17-,19?,20?/m1/s1. The third-order valence-corrected chi connectivity index (χ3v) is 6.38. The van der Waals surface area contributed by atoms with Crippen LogP contribution in [0.5, 0.6) is 0 Å². The van der Waals surface area contributed by atoms with Gasteiger partial charge in [0, 0.05) is 24.0 Å². The van der Waals surface area contributed by atoms with Crippen molar-refractivity contribution in [1.82, 2.24) is 10.3 Å². The number of hydrogen-bond donors (Lipinski definition) is 1. The van der Waals surface area contributed by atoms with Gasteiger partial charge in [0.2, 0.25) is 5.91 Å². The van der Waals surface area contributed by atoms with E-state index in [0.717, 1.165) is 42.1 Å². The van der Waals surface area contributed by atoms with Gasteiger partial charge >= 0.3 is 0 Å². The number of nitrogens with one attached hydrogen (secondary N) is 1. The van der Waals surface area contributed by atoms with Gasteiger partial charge in [0.15, 0.2) is 0 Å². The topological polar surface area (TPSA) is 42.0 Å². The first-order valence-electron chi connectivity index (χ1n) is 10.5. The van der Waals surface area contributed by atoms with E-state index < -0.39 is 0 Å². The molecule has 3 aromatic rings. The largest absolute Gasteiger partial charge is 0.352 e. The molecule has 3 nitrogen and oxygen atoms in total. The summed E-state index contributed by atoms with van der Waals surface area (Å²) in [7, 11) is 0. The lowest BCUT2D eigenvalue weighted by Gasteiger charge is -2.32. The van der Waals surface area contributed by atoms with Crippen LogP contribution in [0.25, 0.3) is 10.9 Å². The average molecular weight is 391 g/mol. The molecule has 29 heavy (non-hydrogen) atoms. The Bertz CT molecular complexity index is 981. The fourth-order valence-corrected chi connectivity index (χ4v) is 4.59. The number of pyridine rings is 1. The predicted octanol–water partition coefficient (Wildman–Crippen LogP) is 5.60. The molecule has 1 heterocycles. The number of rotatable bonds is 5. The molecule has 1 aromatic heterocycles. The van der Waals surface area contributed by atoms with E-state index >= 15 is 0 Å². The molecule has 0 spiro atoms. The minimum Gasteiger partial charge on any atom is -0.352 e. The highest BCUT2D eigenvalue weighted by molar-refractivity contribution is 5.82. The zero-order valence-corrected chi connectivity index (χ0v) is 16.8. The molecule has 1 saturated carbocycles. The van der Waals surface area contributed by atoms with E-state index in [1.807, 2.05) is 49.5 Å². The number of benzene rings is 2. The summed E-state index contributed by atoms with van der Waals surface area (Å²) >= 11 is 0. The van der Waals surface area contributed by atoms with Crippen LogP contribution in [-0.4, -0.2) is 10.9 Å². The van der Waals surface area contributed by atoms with E-state index in [-0.39, 0.29) is 17.6 Å². The van der Waals surface area contributed by atoms with Crippen molar-refractivity contribution in [2.24, 2.45) is 11.8 Å². The quantitative estimate of drug-likeness (QED) is 0.616. The Hall–Kier alpha value is -2.75. The summed E-state index contributed by atoms with van der Waals surface area (Å²) in [6.45, 7) is 2.62. The van der Waals surface area contributed by atoms with Gasteiger partial charge in [-0.3, -0.25) is 9.78 Å². The summed E-state index contributed by atoms with van der Waals surface area (Å²) in [5.74, 6) is 0.717. The second-order valence-electron chi connectivity index (χ2n) is 8.17. The van der Waals surface area contributed by atoms with E-state index in [1.54, 1.807) is 12.1 Å². The fourth-order valence-electron chi connectivity index (χ4n) is 4.59. The highest BCUT2D eigenvalue weighted by Gasteiger charge is 2.30. The SMILES string of the molecule is C[C@@H](C(=O)NCc1ccccc1)C1CCC(c2ccnc3ccc(F)cc23)CC1. The van der Waals surface area contributed by atoms with Crippen LogP contribution in [0.2, 0.25) is 0 Å². The first-order valence-corrected chi connectivity index (χ1v) is 10.5. The van der Waals surface area contributed by atoms with Crippen LogP contribution in [0.15, 0.2) is 60.8 Å². The van der Waals surface area contributed by atoms with Crippen molar-refractivity contribution in [1.29, 1.82) is 0 Å². The van der Waals surface area contributed by atoms with Crippen LogP contribution >= 0.6 is 0 Å². The number of carbonyl (C=O) groups excluding carboxylic acids is 1. The Labute approximate surface area is 171 Å². The Morgan fingerprint density at radius 1 is 1.10 bits per heavy atom. The summed E-state index contributed by atoms with van der Waals surface area (Å²) in [5, 5.41) is 4.00. The molecule has 0 radical (unpaired) electrons. The smallest absolute Gasteiger partial charge is 0.223 e. The Morgan fingerprint density at radius 2 is 1.86 bits per heavy atom. The van der Waals surface area contributed by atoms with Crippen molar-refractivity contribution in [3.8, 4) is 0 Å². The molecule has 1 N–H and O–H groups in total. The number of fused-ring (bicyclic) bond motifs is 1. The molecule has 0 aliphatic heterocycles. The van der Waals surface area contributed by atoms with Crippen molar-refractivity contribution in [3.63, 3.8) is 0 Å². The Morgan fingerprint density at radius 3 is 2.62 bits per heavy atom. The summed E-state index contributed by atoms with van der Waals surface area (Å²) in [6, 6.07) is 16.8. The second-order valence-corrected chi connectivity index (χ2v) is 8.17. The van der Waals surface area contributed by atoms with E-state index in [1.165, 1.54) is 11.6 Å². The summed E-state index contributed by atoms with van der Waals surface area (Å²) in [5.41, 5.74) is 3.15. The lowest BCUT2D eigenvalue weighted by atomic mass is 9.73. The van der Waals surface area contributed by atoms with Crippen molar-refractivity contribution < 1.29 is 9.18 Å². The normalized spacial score (nSPS) is 20.3. The van der Waals surface area contributed by atoms with E-state index in [4.69, 9.17) is 0 Å². The number of halogens is 1. The maximum atomic E-state index is 13.8. The molecule has 1 amide bonds. The molecule has 0 unspecified atom stereocenters. The van der Waals surface area contributed by atoms with Gasteiger partial charge in [-0.1, -0.05) is 37.3 Å². The first kappa shape index (κ1) is 19.6. The van der Waals surface area contributed by atoms with Crippen molar-refractivity contribution in [2.75, 3.05) is 0 Å². The van der Waals surface area contributed by atoms with E-state index in [2.05, 4.69) is 10.3 Å². The Balaban J connectivity index is 1.37. The summed E-state index contributed by atoms with van der Waals surface area (Å²) in [6.07, 6.45) is 5.90. The van der Waals surface area contributed by atoms with Gasteiger partial charge in [0.05, 0.1) is 5.52 Å². The molecule has 150 valence electrons. The van der Waals surface area contributed by atoms with Gasteiger partial charge in [-0.15, -0.1) is 0 Å². The van der Waals surface area contributed by atoms with Gasteiger partial charge in [0.1, 0.15) is 5.82 Å². The van der Waals surface area contributed by atoms with Crippen LogP contribution < -0.4 is 5.32 Å². The van der Waals surface area contributed by atoms with Crippen LogP contribution in [0, 0.1) is 17.7 Å². The van der Waals surface area contributed by atoms with Gasteiger partial charge in [-0.2, -0.15) is 0 Å². The second kappa shape index (κ2) is 8.73. The van der Waals surface area contributed by atoms with Crippen molar-refractivity contribution in [2.45, 2.75) is 45.1 Å². The number of amides is 1. The first-order chi connectivity index (χ1) is 14.1. The average Bonchev–Trinajstić information content (AvgIpc) is 2.77. The Kier molecular flexibility index (Phi) is 5.89. The predicted molar refractivity (Wildman–Crippen MR) is 114 cm³/mol. The fraction of sp³-hybridized carbons (Fsp3) is 0.360. The minimum absolute atomic E-state index is 0.00582. The van der Waals surface area contributed by atoms with Crippen LogP contribution in [0.1, 0.15) is 49.7 Å². The van der Waals surface area contributed by atoms with Crippen LogP contribution in [0.4, 0.5) is 4.39 Å². The minimum atomic E-state index is -0.218. The third kappa shape index (κ3) is 4.47. The molecule has 0 bridgehead atoms. The van der Waals surface area contributed by atoms with Crippen molar-refractivity contribution >= 4 is 16.8 Å². The molecule has 1 atom stereocenters. The van der Waals surface area contributed by atoms with Gasteiger partial charge in [0.25, 0.3) is 0 Å². The van der Waals surface area contributed by atoms with E-state index in [9.17, 15) is 9.18 Å². The molecule has 4 rings (SSSR count). The summed E-state index contributed by atoms with van der Waals surface area (Å²) in [4.78, 5) is 17.0. The molecule has 2 aromatic carbocycles. The van der Waals surface area contributed by atoms with Gasteiger partial charge < -0.3 is 5.32 Å². The van der Waals surface area contributed by atoms with Gasteiger partial charge in [-0.05, 0) is 72.9 Å². The van der Waals surface area contributed by atoms with Crippen molar-refractivity contribution in [3.05, 3.63) is 77.7 Å². The molecule has 1 fully saturated rings. The zero-order chi connectivity index (χ0) is 20.2. The zero-order valence-electron chi connectivity index (χ0n) is 16.8.